The van der Waals surface area contributed by atoms with Gasteiger partial charge in [0, 0.05) is 24.0 Å². The van der Waals surface area contributed by atoms with Crippen molar-refractivity contribution in [2.24, 2.45) is 0 Å². The third-order valence-corrected chi connectivity index (χ3v) is 2.61. The van der Waals surface area contributed by atoms with Crippen molar-refractivity contribution in [1.82, 2.24) is 4.98 Å². The van der Waals surface area contributed by atoms with Crippen molar-refractivity contribution in [2.75, 3.05) is 11.1 Å². The van der Waals surface area contributed by atoms with E-state index in [-0.39, 0.29) is 11.6 Å². The Bertz CT molecular complexity index is 572. The molecule has 0 aliphatic carbocycles. The number of aromatic nitrogens is 1. The van der Waals surface area contributed by atoms with Crippen molar-refractivity contribution >= 4 is 17.3 Å². The van der Waals surface area contributed by atoms with E-state index in [2.05, 4.69) is 10.3 Å². The van der Waals surface area contributed by atoms with Gasteiger partial charge < -0.3 is 11.1 Å². The highest BCUT2D eigenvalue weighted by atomic mass is 19.1. The lowest BCUT2D eigenvalue weighted by Crippen LogP contribution is -2.13. The van der Waals surface area contributed by atoms with Gasteiger partial charge in [-0.2, -0.15) is 0 Å². The van der Waals surface area contributed by atoms with Crippen molar-refractivity contribution in [3.8, 4) is 0 Å². The topological polar surface area (TPSA) is 68.0 Å². The van der Waals surface area contributed by atoms with Crippen molar-refractivity contribution in [3.05, 3.63) is 54.1 Å². The fourth-order valence-electron chi connectivity index (χ4n) is 1.63. The summed E-state index contributed by atoms with van der Waals surface area (Å²) in [5.41, 5.74) is 6.79. The van der Waals surface area contributed by atoms with E-state index < -0.39 is 5.82 Å². The third-order valence-electron chi connectivity index (χ3n) is 2.61. The minimum Gasteiger partial charge on any atom is -0.396 e. The van der Waals surface area contributed by atoms with E-state index in [1.165, 1.54) is 18.2 Å². The Morgan fingerprint density at radius 1 is 1.32 bits per heavy atom. The molecule has 3 N–H and O–H groups in total. The number of hydrogen-bond donors (Lipinski definition) is 2. The Labute approximate surface area is 110 Å². The Morgan fingerprint density at radius 2 is 2.16 bits per heavy atom. The summed E-state index contributed by atoms with van der Waals surface area (Å²) in [7, 11) is 0. The number of pyridine rings is 1. The van der Waals surface area contributed by atoms with Crippen molar-refractivity contribution in [1.29, 1.82) is 0 Å². The molecule has 1 amide bonds. The number of rotatable bonds is 4. The number of aryl methyl sites for hydroxylation is 1. The molecule has 0 aliphatic heterocycles. The molecule has 0 radical (unpaired) electrons. The lowest BCUT2D eigenvalue weighted by atomic mass is 10.2. The highest BCUT2D eigenvalue weighted by Gasteiger charge is 2.05. The summed E-state index contributed by atoms with van der Waals surface area (Å²) in [6.07, 6.45) is 2.56. The van der Waals surface area contributed by atoms with Gasteiger partial charge in [0.05, 0.1) is 5.69 Å². The summed E-state index contributed by atoms with van der Waals surface area (Å²) in [6.45, 7) is 0. The van der Waals surface area contributed by atoms with Crippen LogP contribution in [0.2, 0.25) is 0 Å². The van der Waals surface area contributed by atoms with Gasteiger partial charge >= 0.3 is 0 Å². The first-order chi connectivity index (χ1) is 9.15. The molecule has 0 unspecified atom stereocenters. The first kappa shape index (κ1) is 13.0. The number of nitrogens with zero attached hydrogens (tertiary/aromatic N) is 1. The number of carbonyl (C=O) groups is 1. The van der Waals surface area contributed by atoms with Crippen LogP contribution in [0.25, 0.3) is 0 Å². The minimum atomic E-state index is -0.494. The number of hydrogen-bond acceptors (Lipinski definition) is 3. The average molecular weight is 259 g/mol. The zero-order valence-corrected chi connectivity index (χ0v) is 10.3. The molecule has 0 spiro atoms. The van der Waals surface area contributed by atoms with Crippen LogP contribution in [-0.4, -0.2) is 10.9 Å². The van der Waals surface area contributed by atoms with Crippen LogP contribution in [0, 0.1) is 5.82 Å². The predicted octanol–water partition coefficient (Wildman–Crippen LogP) is 2.37. The van der Waals surface area contributed by atoms with Crippen LogP contribution < -0.4 is 11.1 Å². The molecule has 2 rings (SSSR count). The lowest BCUT2D eigenvalue weighted by Gasteiger charge is -2.06. The van der Waals surface area contributed by atoms with Crippen LogP contribution >= 0.6 is 0 Å². The number of amides is 1. The Morgan fingerprint density at radius 3 is 2.84 bits per heavy atom. The molecule has 0 aliphatic rings. The van der Waals surface area contributed by atoms with Gasteiger partial charge in [-0.25, -0.2) is 4.39 Å². The molecule has 0 fully saturated rings. The van der Waals surface area contributed by atoms with Crippen LogP contribution in [0.15, 0.2) is 42.6 Å². The second-order valence-corrected chi connectivity index (χ2v) is 4.11. The second kappa shape index (κ2) is 5.95. The smallest absolute Gasteiger partial charge is 0.224 e. The molecule has 2 aromatic rings. The van der Waals surface area contributed by atoms with Crippen LogP contribution in [0.3, 0.4) is 0 Å². The van der Waals surface area contributed by atoms with E-state index >= 15 is 0 Å². The SMILES string of the molecule is Nc1cc(NC(=O)CCc2ccccn2)ccc1F. The maximum Gasteiger partial charge on any atom is 0.224 e. The number of nitrogen functional groups attached to an aromatic ring is 1. The molecule has 0 saturated heterocycles. The molecule has 0 bridgehead atoms. The third kappa shape index (κ3) is 3.77. The first-order valence-corrected chi connectivity index (χ1v) is 5.90. The quantitative estimate of drug-likeness (QED) is 0.828. The van der Waals surface area contributed by atoms with Crippen molar-refractivity contribution < 1.29 is 9.18 Å². The fraction of sp³-hybridized carbons (Fsp3) is 0.143. The maximum atomic E-state index is 13.0. The van der Waals surface area contributed by atoms with Gasteiger partial charge in [-0.05, 0) is 36.8 Å². The zero-order valence-electron chi connectivity index (χ0n) is 10.3. The summed E-state index contributed by atoms with van der Waals surface area (Å²) in [5.74, 6) is -0.650. The van der Waals surface area contributed by atoms with Crippen molar-refractivity contribution in [2.45, 2.75) is 12.8 Å². The fourth-order valence-corrected chi connectivity index (χ4v) is 1.63. The number of carbonyl (C=O) groups excluding carboxylic acids is 1. The summed E-state index contributed by atoms with van der Waals surface area (Å²) in [4.78, 5) is 15.8. The summed E-state index contributed by atoms with van der Waals surface area (Å²) < 4.78 is 13.0. The van der Waals surface area contributed by atoms with Crippen LogP contribution in [0.1, 0.15) is 12.1 Å². The van der Waals surface area contributed by atoms with Gasteiger partial charge in [-0.15, -0.1) is 0 Å². The van der Waals surface area contributed by atoms with Crippen LogP contribution in [0.5, 0.6) is 0 Å². The molecule has 1 heterocycles. The van der Waals surface area contributed by atoms with Crippen LogP contribution in [-0.2, 0) is 11.2 Å². The summed E-state index contributed by atoms with van der Waals surface area (Å²) in [6, 6.07) is 9.66. The first-order valence-electron chi connectivity index (χ1n) is 5.90. The molecule has 1 aromatic carbocycles. The highest BCUT2D eigenvalue weighted by Crippen LogP contribution is 2.16. The van der Waals surface area contributed by atoms with Gasteiger partial charge in [-0.1, -0.05) is 6.07 Å². The van der Waals surface area contributed by atoms with E-state index in [4.69, 9.17) is 5.73 Å². The number of benzene rings is 1. The molecule has 0 atom stereocenters. The molecular formula is C14H14FN3O. The molecular weight excluding hydrogens is 245 g/mol. The maximum absolute atomic E-state index is 13.0. The van der Waals surface area contributed by atoms with E-state index in [0.29, 0.717) is 18.5 Å². The zero-order chi connectivity index (χ0) is 13.7. The second-order valence-electron chi connectivity index (χ2n) is 4.11. The van der Waals surface area contributed by atoms with E-state index in [0.717, 1.165) is 5.69 Å². The molecule has 1 aromatic heterocycles. The van der Waals surface area contributed by atoms with Gasteiger partial charge in [0.25, 0.3) is 0 Å². The van der Waals surface area contributed by atoms with E-state index in [1.54, 1.807) is 6.20 Å². The van der Waals surface area contributed by atoms with Gasteiger partial charge in [-0.3, -0.25) is 9.78 Å². The number of nitrogens with one attached hydrogen (secondary N) is 1. The van der Waals surface area contributed by atoms with Gasteiger partial charge in [0.2, 0.25) is 5.91 Å². The lowest BCUT2D eigenvalue weighted by molar-refractivity contribution is -0.116. The van der Waals surface area contributed by atoms with Gasteiger partial charge in [0.1, 0.15) is 5.82 Å². The number of halogens is 1. The molecule has 0 saturated carbocycles. The van der Waals surface area contributed by atoms with Crippen molar-refractivity contribution in [3.63, 3.8) is 0 Å². The highest BCUT2D eigenvalue weighted by molar-refractivity contribution is 5.91. The monoisotopic (exact) mass is 259 g/mol. The number of nitrogens with two attached hydrogens (primary N) is 1. The van der Waals surface area contributed by atoms with E-state index in [9.17, 15) is 9.18 Å². The minimum absolute atomic E-state index is 0.0162. The normalized spacial score (nSPS) is 10.2. The Balaban J connectivity index is 1.89. The molecule has 19 heavy (non-hydrogen) atoms. The summed E-state index contributed by atoms with van der Waals surface area (Å²) in [5, 5.41) is 2.67. The Kier molecular flexibility index (Phi) is 4.07. The van der Waals surface area contributed by atoms with E-state index in [1.807, 2.05) is 18.2 Å². The molecule has 98 valence electrons. The predicted molar refractivity (Wildman–Crippen MR) is 72.0 cm³/mol. The summed E-state index contributed by atoms with van der Waals surface area (Å²) >= 11 is 0. The molecule has 4 nitrogen and oxygen atoms in total. The number of anilines is 2. The standard InChI is InChI=1S/C14H14FN3O/c15-12-6-4-11(9-13(12)16)18-14(19)7-5-10-3-1-2-8-17-10/h1-4,6,8-9H,5,7,16H2,(H,18,19). The molecule has 5 heteroatoms. The Hall–Kier alpha value is -2.43. The van der Waals surface area contributed by atoms with Crippen LogP contribution in [0.4, 0.5) is 15.8 Å². The largest absolute Gasteiger partial charge is 0.396 e. The van der Waals surface area contributed by atoms with Gasteiger partial charge in [0.15, 0.2) is 0 Å². The average Bonchev–Trinajstić information content (AvgIpc) is 2.42.